The minimum atomic E-state index is -0.0878. The number of ether oxygens (including phenoxy) is 3. The zero-order valence-electron chi connectivity index (χ0n) is 32.8. The number of phenols is 1. The van der Waals surface area contributed by atoms with Gasteiger partial charge in [-0.2, -0.15) is 0 Å². The van der Waals surface area contributed by atoms with E-state index in [1.165, 1.54) is 5.56 Å². The Bertz CT molecular complexity index is 2020. The van der Waals surface area contributed by atoms with Gasteiger partial charge in [-0.05, 0) is 92.2 Å². The smallest absolute Gasteiger partial charge is 0.260 e. The monoisotopic (exact) mass is 761 g/mol. The number of morpholine rings is 1. The molecule has 8 rings (SSSR count). The van der Waals surface area contributed by atoms with E-state index in [4.69, 9.17) is 14.2 Å². The quantitative estimate of drug-likeness (QED) is 0.138. The number of phenolic OH excluding ortho intramolecular Hbond substituents is 1. The summed E-state index contributed by atoms with van der Waals surface area (Å²) >= 11 is 0. The Morgan fingerprint density at radius 3 is 2.41 bits per heavy atom. The van der Waals surface area contributed by atoms with E-state index in [2.05, 4.69) is 51.7 Å². The summed E-state index contributed by atoms with van der Waals surface area (Å²) in [6.45, 7) is 10.9. The largest absolute Gasteiger partial charge is 0.508 e. The van der Waals surface area contributed by atoms with Crippen molar-refractivity contribution in [3.05, 3.63) is 94.7 Å². The molecule has 1 saturated heterocycles. The molecular weight excluding hydrogens is 707 g/mol. The molecule has 56 heavy (non-hydrogen) atoms. The predicted octanol–water partition coefficient (Wildman–Crippen LogP) is 7.16. The molecule has 4 aliphatic heterocycles. The molecule has 0 bridgehead atoms. The topological polar surface area (TPSA) is 109 Å². The lowest BCUT2D eigenvalue weighted by Gasteiger charge is -2.40. The van der Waals surface area contributed by atoms with Crippen LogP contribution in [-0.2, 0) is 24.2 Å². The van der Waals surface area contributed by atoms with Crippen molar-refractivity contribution in [2.24, 2.45) is 0 Å². The zero-order chi connectivity index (χ0) is 38.6. The highest BCUT2D eigenvalue weighted by molar-refractivity contribution is 6.09. The molecular formula is C45H55N5O6. The number of hydrogen-bond donors (Lipinski definition) is 2. The van der Waals surface area contributed by atoms with Crippen LogP contribution in [-0.4, -0.2) is 90.1 Å². The second-order valence-corrected chi connectivity index (χ2v) is 15.5. The van der Waals surface area contributed by atoms with Crippen LogP contribution < -0.4 is 19.7 Å². The molecule has 2 N–H and O–H groups in total. The average molecular weight is 762 g/mol. The molecule has 4 aliphatic rings. The Balaban J connectivity index is 1.24. The Hall–Kier alpha value is -4.84. The van der Waals surface area contributed by atoms with E-state index in [-0.39, 0.29) is 36.4 Å². The molecule has 1 unspecified atom stereocenters. The van der Waals surface area contributed by atoms with E-state index in [0.29, 0.717) is 48.9 Å². The molecule has 4 aromatic rings. The number of carbonyl (C=O) groups is 2. The number of benzene rings is 3. The van der Waals surface area contributed by atoms with E-state index in [9.17, 15) is 5.11 Å². The number of anilines is 1. The van der Waals surface area contributed by atoms with E-state index >= 15 is 9.59 Å². The zero-order valence-corrected chi connectivity index (χ0v) is 32.8. The van der Waals surface area contributed by atoms with Gasteiger partial charge in [-0.3, -0.25) is 14.5 Å². The predicted molar refractivity (Wildman–Crippen MR) is 217 cm³/mol. The Labute approximate surface area is 330 Å². The summed E-state index contributed by atoms with van der Waals surface area (Å²) in [4.78, 5) is 36.6. The van der Waals surface area contributed by atoms with Gasteiger partial charge in [0.25, 0.3) is 11.8 Å². The number of nitrogens with one attached hydrogen (secondary N) is 1. The molecule has 3 aromatic carbocycles. The van der Waals surface area contributed by atoms with Crippen molar-refractivity contribution >= 4 is 17.5 Å². The Kier molecular flexibility index (Phi) is 11.6. The molecule has 1 aromatic heterocycles. The van der Waals surface area contributed by atoms with Gasteiger partial charge < -0.3 is 39.0 Å². The van der Waals surface area contributed by atoms with E-state index in [1.807, 2.05) is 41.3 Å². The number of carbonyl (C=O) groups excluding carboxylic acids is 2. The average Bonchev–Trinajstić information content (AvgIpc) is 3.86. The molecule has 11 heteroatoms. The van der Waals surface area contributed by atoms with Crippen LogP contribution in [0.3, 0.4) is 0 Å². The van der Waals surface area contributed by atoms with E-state index < -0.39 is 0 Å². The number of hydrogen-bond acceptors (Lipinski definition) is 8. The fourth-order valence-corrected chi connectivity index (χ4v) is 8.81. The highest BCUT2D eigenvalue weighted by Gasteiger charge is 2.37. The summed E-state index contributed by atoms with van der Waals surface area (Å²) in [5, 5.41) is 13.9. The standard InChI is InChI=1S/C45H55N5O6/c1-3-5-17-46-39-12-9-19-49-40(25-38(43(39)49)45(53)48(18-6-4-2)33-13-15-35(51)16-14-33)36-26-41-42(56-30-55-41)27-37(36)44(52)50-28-32-11-8-7-10-31(32)24-34(50)29-47-20-22-54-23-21-47/h7-8,10-11,13-16,25-27,34,39,46,51H,3-6,9,12,17-24,28-30H2,1-2H3/t34-,39?/m0/s1. The first-order valence-electron chi connectivity index (χ1n) is 20.6. The van der Waals surface area contributed by atoms with Crippen molar-refractivity contribution in [1.29, 1.82) is 0 Å². The number of amides is 2. The first kappa shape index (κ1) is 38.1. The lowest BCUT2D eigenvalue weighted by Crippen LogP contribution is -2.52. The molecule has 296 valence electrons. The van der Waals surface area contributed by atoms with Crippen molar-refractivity contribution < 1.29 is 28.9 Å². The lowest BCUT2D eigenvalue weighted by molar-refractivity contribution is 0.0193. The van der Waals surface area contributed by atoms with E-state index in [1.54, 1.807) is 12.1 Å². The second-order valence-electron chi connectivity index (χ2n) is 15.5. The van der Waals surface area contributed by atoms with Crippen LogP contribution in [0.4, 0.5) is 5.69 Å². The van der Waals surface area contributed by atoms with Crippen molar-refractivity contribution in [3.8, 4) is 28.5 Å². The van der Waals surface area contributed by atoms with Gasteiger partial charge in [0.05, 0.1) is 30.0 Å². The van der Waals surface area contributed by atoms with Gasteiger partial charge in [0.1, 0.15) is 5.75 Å². The van der Waals surface area contributed by atoms with Crippen LogP contribution in [0.1, 0.15) is 96.0 Å². The highest BCUT2D eigenvalue weighted by atomic mass is 16.7. The van der Waals surface area contributed by atoms with E-state index in [0.717, 1.165) is 106 Å². The summed E-state index contributed by atoms with van der Waals surface area (Å²) in [7, 11) is 0. The van der Waals surface area contributed by atoms with Crippen LogP contribution in [0.25, 0.3) is 11.3 Å². The molecule has 5 heterocycles. The van der Waals surface area contributed by atoms with Crippen molar-refractivity contribution in [1.82, 2.24) is 19.7 Å². The molecule has 1 fully saturated rings. The molecule has 0 saturated carbocycles. The number of unbranched alkanes of at least 4 members (excludes halogenated alkanes) is 2. The Morgan fingerprint density at radius 1 is 0.893 bits per heavy atom. The summed E-state index contributed by atoms with van der Waals surface area (Å²) in [5.41, 5.74) is 6.89. The first-order chi connectivity index (χ1) is 27.4. The van der Waals surface area contributed by atoms with Crippen LogP contribution >= 0.6 is 0 Å². The maximum atomic E-state index is 15.3. The molecule has 0 radical (unpaired) electrons. The molecule has 0 spiro atoms. The summed E-state index contributed by atoms with van der Waals surface area (Å²) in [5.74, 6) is 1.16. The lowest BCUT2D eigenvalue weighted by atomic mass is 9.92. The number of aromatic hydroxyl groups is 1. The van der Waals surface area contributed by atoms with Crippen molar-refractivity contribution in [2.75, 3.05) is 57.6 Å². The number of rotatable bonds is 13. The number of fused-ring (bicyclic) bond motifs is 3. The van der Waals surface area contributed by atoms with Gasteiger partial charge >= 0.3 is 0 Å². The number of aromatic nitrogens is 1. The molecule has 0 aliphatic carbocycles. The van der Waals surface area contributed by atoms with Gasteiger partial charge in [-0.25, -0.2) is 0 Å². The SMILES string of the molecule is CCCCNC1CCCn2c(-c3cc4c(cc3C(=O)N3Cc5ccccc5C[C@H]3CN3CCOCC3)OCO4)cc(C(=O)N(CCCC)c3ccc(O)cc3)c21. The normalized spacial score (nSPS) is 19.1. The highest BCUT2D eigenvalue weighted by Crippen LogP contribution is 2.44. The van der Waals surface area contributed by atoms with Gasteiger partial charge in [0.2, 0.25) is 6.79 Å². The third-order valence-corrected chi connectivity index (χ3v) is 11.8. The molecule has 2 amide bonds. The maximum absolute atomic E-state index is 15.3. The van der Waals surface area contributed by atoms with Crippen LogP contribution in [0.15, 0.2) is 66.7 Å². The summed E-state index contributed by atoms with van der Waals surface area (Å²) < 4.78 is 19.8. The van der Waals surface area contributed by atoms with Gasteiger partial charge in [-0.1, -0.05) is 51.0 Å². The third-order valence-electron chi connectivity index (χ3n) is 11.8. The summed E-state index contributed by atoms with van der Waals surface area (Å²) in [6.07, 6.45) is 6.48. The Morgan fingerprint density at radius 2 is 1.64 bits per heavy atom. The van der Waals surface area contributed by atoms with Crippen LogP contribution in [0.2, 0.25) is 0 Å². The van der Waals surface area contributed by atoms with Crippen LogP contribution in [0.5, 0.6) is 17.2 Å². The maximum Gasteiger partial charge on any atom is 0.260 e. The minimum Gasteiger partial charge on any atom is -0.508 e. The summed E-state index contributed by atoms with van der Waals surface area (Å²) in [6, 6.07) is 21.1. The van der Waals surface area contributed by atoms with Gasteiger partial charge in [-0.15, -0.1) is 0 Å². The fourth-order valence-electron chi connectivity index (χ4n) is 8.81. The molecule has 2 atom stereocenters. The van der Waals surface area contributed by atoms with Gasteiger partial charge in [0.15, 0.2) is 11.5 Å². The fraction of sp³-hybridized carbons (Fsp3) is 0.467. The van der Waals surface area contributed by atoms with Crippen molar-refractivity contribution in [3.63, 3.8) is 0 Å². The third kappa shape index (κ3) is 7.77. The number of nitrogens with zero attached hydrogens (tertiary/aromatic N) is 4. The van der Waals surface area contributed by atoms with Gasteiger partial charge in [0, 0.05) is 68.3 Å². The van der Waals surface area contributed by atoms with Crippen LogP contribution in [0, 0.1) is 0 Å². The molecule has 11 nitrogen and oxygen atoms in total. The first-order valence-corrected chi connectivity index (χ1v) is 20.6. The minimum absolute atomic E-state index is 0.0273. The second kappa shape index (κ2) is 17.1. The van der Waals surface area contributed by atoms with Crippen molar-refractivity contribution in [2.45, 2.75) is 84.0 Å².